The molecule has 1 amide bonds. The van der Waals surface area contributed by atoms with E-state index >= 15 is 0 Å². The van der Waals surface area contributed by atoms with E-state index in [9.17, 15) is 4.79 Å². The van der Waals surface area contributed by atoms with Crippen LogP contribution < -0.4 is 5.32 Å². The van der Waals surface area contributed by atoms with Crippen LogP contribution in [0.3, 0.4) is 0 Å². The fourth-order valence-corrected chi connectivity index (χ4v) is 1.92. The molecule has 0 saturated carbocycles. The Balaban J connectivity index is 2.07. The lowest BCUT2D eigenvalue weighted by Gasteiger charge is -2.21. The van der Waals surface area contributed by atoms with Crippen LogP contribution in [0.4, 0.5) is 0 Å². The molecular formula is C15H21NO2. The highest BCUT2D eigenvalue weighted by Crippen LogP contribution is 2.19. The lowest BCUT2D eigenvalue weighted by molar-refractivity contribution is 0.0918. The highest BCUT2D eigenvalue weighted by molar-refractivity contribution is 5.96. The molecule has 1 atom stereocenters. The van der Waals surface area contributed by atoms with Crippen LogP contribution in [0.5, 0.6) is 0 Å². The molecule has 0 aliphatic carbocycles. The van der Waals surface area contributed by atoms with Gasteiger partial charge in [-0.15, -0.1) is 0 Å². The van der Waals surface area contributed by atoms with Gasteiger partial charge in [-0.1, -0.05) is 18.2 Å². The van der Waals surface area contributed by atoms with Crippen molar-refractivity contribution in [3.63, 3.8) is 0 Å². The van der Waals surface area contributed by atoms with Gasteiger partial charge < -0.3 is 10.1 Å². The summed E-state index contributed by atoms with van der Waals surface area (Å²) in [6.45, 7) is 6.85. The smallest absolute Gasteiger partial charge is 0.251 e. The molecule has 0 bridgehead atoms. The van der Waals surface area contributed by atoms with Crippen LogP contribution in [0, 0.1) is 0 Å². The quantitative estimate of drug-likeness (QED) is 0.831. The molecular weight excluding hydrogens is 226 g/mol. The minimum atomic E-state index is -0.205. The standard InChI is InChI=1S/C15H21NO2/c1-15(2,3)16-14(17)13-7-5-4-6-11(13)8-9-12-10-18-12/h4-7,12H,8-10H2,1-3H3,(H,16,17). The fraction of sp³-hybridized carbons (Fsp3) is 0.533. The molecule has 1 saturated heterocycles. The maximum absolute atomic E-state index is 12.2. The number of ether oxygens (including phenoxy) is 1. The number of rotatable bonds is 4. The lowest BCUT2D eigenvalue weighted by atomic mass is 10.00. The molecule has 1 aliphatic heterocycles. The first kappa shape index (κ1) is 13.1. The van der Waals surface area contributed by atoms with Crippen molar-refractivity contribution in [2.75, 3.05) is 6.61 Å². The first-order chi connectivity index (χ1) is 8.46. The summed E-state index contributed by atoms with van der Waals surface area (Å²) in [7, 11) is 0. The van der Waals surface area contributed by atoms with Crippen molar-refractivity contribution < 1.29 is 9.53 Å². The van der Waals surface area contributed by atoms with E-state index < -0.39 is 0 Å². The van der Waals surface area contributed by atoms with Crippen molar-refractivity contribution in [2.24, 2.45) is 0 Å². The van der Waals surface area contributed by atoms with Gasteiger partial charge in [-0.3, -0.25) is 4.79 Å². The van der Waals surface area contributed by atoms with Crippen molar-refractivity contribution in [1.29, 1.82) is 0 Å². The molecule has 1 aromatic rings. The molecule has 0 radical (unpaired) electrons. The van der Waals surface area contributed by atoms with Crippen LogP contribution in [0.2, 0.25) is 0 Å². The number of amides is 1. The third-order valence-electron chi connectivity index (χ3n) is 2.89. The number of carbonyl (C=O) groups is 1. The Morgan fingerprint density at radius 3 is 2.67 bits per heavy atom. The Morgan fingerprint density at radius 2 is 2.06 bits per heavy atom. The second-order valence-electron chi connectivity index (χ2n) is 5.86. The summed E-state index contributed by atoms with van der Waals surface area (Å²) in [6.07, 6.45) is 2.31. The summed E-state index contributed by atoms with van der Waals surface area (Å²) in [6, 6.07) is 7.82. The predicted octanol–water partition coefficient (Wildman–Crippen LogP) is 2.55. The zero-order valence-corrected chi connectivity index (χ0v) is 11.3. The van der Waals surface area contributed by atoms with E-state index in [2.05, 4.69) is 5.32 Å². The van der Waals surface area contributed by atoms with Crippen LogP contribution in [-0.4, -0.2) is 24.2 Å². The monoisotopic (exact) mass is 247 g/mol. The molecule has 3 nitrogen and oxygen atoms in total. The van der Waals surface area contributed by atoms with Crippen molar-refractivity contribution in [3.05, 3.63) is 35.4 Å². The molecule has 1 heterocycles. The van der Waals surface area contributed by atoms with Crippen LogP contribution >= 0.6 is 0 Å². The second kappa shape index (κ2) is 5.11. The molecule has 1 aromatic carbocycles. The van der Waals surface area contributed by atoms with Crippen LogP contribution in [0.1, 0.15) is 43.1 Å². The molecule has 1 fully saturated rings. The van der Waals surface area contributed by atoms with Gasteiger partial charge in [0.05, 0.1) is 12.7 Å². The molecule has 18 heavy (non-hydrogen) atoms. The number of benzene rings is 1. The summed E-state index contributed by atoms with van der Waals surface area (Å²) >= 11 is 0. The van der Waals surface area contributed by atoms with E-state index in [0.717, 1.165) is 30.6 Å². The first-order valence-electron chi connectivity index (χ1n) is 6.48. The topological polar surface area (TPSA) is 41.6 Å². The Kier molecular flexibility index (Phi) is 3.71. The predicted molar refractivity (Wildman–Crippen MR) is 71.7 cm³/mol. The molecule has 2 rings (SSSR count). The van der Waals surface area contributed by atoms with Gasteiger partial charge in [-0.2, -0.15) is 0 Å². The van der Waals surface area contributed by atoms with E-state index in [0.29, 0.717) is 6.10 Å². The fourth-order valence-electron chi connectivity index (χ4n) is 1.92. The molecule has 3 heteroatoms. The van der Waals surface area contributed by atoms with Crippen molar-refractivity contribution >= 4 is 5.91 Å². The van der Waals surface area contributed by atoms with Gasteiger partial charge in [-0.05, 0) is 45.2 Å². The van der Waals surface area contributed by atoms with E-state index in [-0.39, 0.29) is 11.4 Å². The number of aryl methyl sites for hydroxylation is 1. The van der Waals surface area contributed by atoms with E-state index in [1.807, 2.05) is 45.0 Å². The van der Waals surface area contributed by atoms with E-state index in [4.69, 9.17) is 4.74 Å². The Morgan fingerprint density at radius 1 is 1.39 bits per heavy atom. The SMILES string of the molecule is CC(C)(C)NC(=O)c1ccccc1CCC1CO1. The number of hydrogen-bond acceptors (Lipinski definition) is 2. The number of hydrogen-bond donors (Lipinski definition) is 1. The Bertz CT molecular complexity index is 430. The van der Waals surface area contributed by atoms with Crippen LogP contribution in [0.25, 0.3) is 0 Å². The first-order valence-corrected chi connectivity index (χ1v) is 6.48. The average molecular weight is 247 g/mol. The van der Waals surface area contributed by atoms with Gasteiger partial charge in [0.1, 0.15) is 0 Å². The second-order valence-corrected chi connectivity index (χ2v) is 5.86. The summed E-state index contributed by atoms with van der Waals surface area (Å²) in [5.41, 5.74) is 1.69. The normalized spacial score (nSPS) is 18.5. The maximum Gasteiger partial charge on any atom is 0.251 e. The van der Waals surface area contributed by atoms with Crippen LogP contribution in [0.15, 0.2) is 24.3 Å². The molecule has 98 valence electrons. The van der Waals surface area contributed by atoms with Crippen molar-refractivity contribution in [2.45, 2.75) is 45.3 Å². The molecule has 1 N–H and O–H groups in total. The lowest BCUT2D eigenvalue weighted by Crippen LogP contribution is -2.40. The molecule has 0 aromatic heterocycles. The minimum absolute atomic E-state index is 0.00909. The zero-order chi connectivity index (χ0) is 13.2. The molecule has 0 spiro atoms. The zero-order valence-electron chi connectivity index (χ0n) is 11.3. The highest BCUT2D eigenvalue weighted by Gasteiger charge is 2.23. The van der Waals surface area contributed by atoms with Gasteiger partial charge >= 0.3 is 0 Å². The number of epoxide rings is 1. The van der Waals surface area contributed by atoms with Gasteiger partial charge in [-0.25, -0.2) is 0 Å². The molecule has 1 unspecified atom stereocenters. The van der Waals surface area contributed by atoms with Gasteiger partial charge in [0.25, 0.3) is 5.91 Å². The average Bonchev–Trinajstić information content (AvgIpc) is 3.08. The number of carbonyl (C=O) groups excluding carboxylic acids is 1. The van der Waals surface area contributed by atoms with Crippen molar-refractivity contribution in [1.82, 2.24) is 5.32 Å². The molecule has 1 aliphatic rings. The minimum Gasteiger partial charge on any atom is -0.373 e. The summed E-state index contributed by atoms with van der Waals surface area (Å²) in [5.74, 6) is 0.00909. The summed E-state index contributed by atoms with van der Waals surface area (Å²) < 4.78 is 5.21. The maximum atomic E-state index is 12.2. The van der Waals surface area contributed by atoms with Gasteiger partial charge in [0.15, 0.2) is 0 Å². The summed E-state index contributed by atoms with van der Waals surface area (Å²) in [5, 5.41) is 3.01. The van der Waals surface area contributed by atoms with Gasteiger partial charge in [0.2, 0.25) is 0 Å². The third-order valence-corrected chi connectivity index (χ3v) is 2.89. The number of nitrogens with one attached hydrogen (secondary N) is 1. The van der Waals surface area contributed by atoms with E-state index in [1.165, 1.54) is 0 Å². The van der Waals surface area contributed by atoms with Crippen LogP contribution in [-0.2, 0) is 11.2 Å². The third kappa shape index (κ3) is 3.84. The van der Waals surface area contributed by atoms with Crippen molar-refractivity contribution in [3.8, 4) is 0 Å². The largest absolute Gasteiger partial charge is 0.373 e. The van der Waals surface area contributed by atoms with E-state index in [1.54, 1.807) is 0 Å². The Labute approximate surface area is 109 Å². The van der Waals surface area contributed by atoms with Gasteiger partial charge in [0, 0.05) is 11.1 Å². The highest BCUT2D eigenvalue weighted by atomic mass is 16.6. The Hall–Kier alpha value is -1.35. The summed E-state index contributed by atoms with van der Waals surface area (Å²) in [4.78, 5) is 12.2.